The van der Waals surface area contributed by atoms with Crippen LogP contribution in [0.3, 0.4) is 0 Å². The summed E-state index contributed by atoms with van der Waals surface area (Å²) in [6.07, 6.45) is 1.78. The lowest BCUT2D eigenvalue weighted by molar-refractivity contribution is 0.101. The van der Waals surface area contributed by atoms with Gasteiger partial charge in [0.05, 0.1) is 17.7 Å². The van der Waals surface area contributed by atoms with Gasteiger partial charge in [0.2, 0.25) is 5.78 Å². The molecule has 2 heterocycles. The maximum atomic E-state index is 13.2. The van der Waals surface area contributed by atoms with Gasteiger partial charge in [-0.05, 0) is 56.2 Å². The molecule has 34 heavy (non-hydrogen) atoms. The fourth-order valence-corrected chi connectivity index (χ4v) is 4.79. The highest BCUT2D eigenvalue weighted by molar-refractivity contribution is 6.15. The van der Waals surface area contributed by atoms with E-state index in [1.807, 2.05) is 19.1 Å². The third-order valence-corrected chi connectivity index (χ3v) is 6.80. The quantitative estimate of drug-likeness (QED) is 0.580. The zero-order chi connectivity index (χ0) is 24.2. The Morgan fingerprint density at radius 3 is 2.32 bits per heavy atom. The van der Waals surface area contributed by atoms with Gasteiger partial charge in [0.1, 0.15) is 11.5 Å². The maximum absolute atomic E-state index is 13.2. The van der Waals surface area contributed by atoms with E-state index in [0.717, 1.165) is 50.5 Å². The monoisotopic (exact) mass is 465 g/mol. The number of fused-ring (bicyclic) bond motifs is 1. The molecule has 0 spiro atoms. The molecule has 2 aromatic rings. The Morgan fingerprint density at radius 1 is 1.06 bits per heavy atom. The normalized spacial score (nSPS) is 17.8. The van der Waals surface area contributed by atoms with E-state index < -0.39 is 0 Å². The molecule has 0 aliphatic carbocycles. The van der Waals surface area contributed by atoms with Crippen LogP contribution in [0.5, 0.6) is 11.5 Å². The van der Waals surface area contributed by atoms with Crippen LogP contribution in [0.1, 0.15) is 40.9 Å². The van der Waals surface area contributed by atoms with Crippen LogP contribution in [0.2, 0.25) is 0 Å². The van der Waals surface area contributed by atoms with E-state index >= 15 is 0 Å². The van der Waals surface area contributed by atoms with Gasteiger partial charge in [0.25, 0.3) is 0 Å². The largest absolute Gasteiger partial charge is 0.507 e. The van der Waals surface area contributed by atoms with Crippen LogP contribution in [0.15, 0.2) is 36.1 Å². The molecule has 0 aromatic heterocycles. The van der Waals surface area contributed by atoms with Crippen molar-refractivity contribution in [3.05, 3.63) is 58.3 Å². The number of rotatable bonds is 8. The van der Waals surface area contributed by atoms with Crippen LogP contribution in [-0.4, -0.2) is 78.2 Å². The number of aromatic hydroxyl groups is 1. The van der Waals surface area contributed by atoms with Gasteiger partial charge >= 0.3 is 0 Å². The summed E-state index contributed by atoms with van der Waals surface area (Å²) in [4.78, 5) is 20.0. The number of anilines is 1. The smallest absolute Gasteiger partial charge is 0.232 e. The molecule has 0 radical (unpaired) electrons. The fraction of sp³-hybridized carbons (Fsp3) is 0.444. The van der Waals surface area contributed by atoms with Crippen molar-refractivity contribution in [2.75, 3.05) is 57.3 Å². The van der Waals surface area contributed by atoms with Crippen molar-refractivity contribution in [2.45, 2.75) is 27.3 Å². The van der Waals surface area contributed by atoms with Crippen molar-refractivity contribution in [3.63, 3.8) is 0 Å². The zero-order valence-electron chi connectivity index (χ0n) is 20.4. The van der Waals surface area contributed by atoms with Crippen molar-refractivity contribution < 1.29 is 19.7 Å². The Bertz CT molecular complexity index is 1050. The van der Waals surface area contributed by atoms with E-state index in [0.29, 0.717) is 35.5 Å². The lowest BCUT2D eigenvalue weighted by Gasteiger charge is -2.34. The van der Waals surface area contributed by atoms with Gasteiger partial charge in [-0.3, -0.25) is 14.6 Å². The summed E-state index contributed by atoms with van der Waals surface area (Å²) in [5.41, 5.74) is 3.96. The molecule has 7 nitrogen and oxygen atoms in total. The van der Waals surface area contributed by atoms with E-state index in [2.05, 4.69) is 40.7 Å². The first kappa shape index (κ1) is 24.3. The molecule has 182 valence electrons. The fourth-order valence-electron chi connectivity index (χ4n) is 4.79. The zero-order valence-corrected chi connectivity index (χ0v) is 20.4. The molecule has 0 saturated carbocycles. The average molecular weight is 466 g/mol. The molecule has 2 N–H and O–H groups in total. The number of benzene rings is 2. The minimum absolute atomic E-state index is 0.144. The molecular weight excluding hydrogens is 430 g/mol. The summed E-state index contributed by atoms with van der Waals surface area (Å²) in [5, 5.41) is 19.9. The molecule has 0 bridgehead atoms. The molecule has 1 saturated heterocycles. The van der Waals surface area contributed by atoms with Gasteiger partial charge in [-0.15, -0.1) is 0 Å². The number of piperazine rings is 1. The first-order valence-corrected chi connectivity index (χ1v) is 12.1. The molecule has 7 heteroatoms. The lowest BCUT2D eigenvalue weighted by atomic mass is 9.99. The molecule has 2 aliphatic rings. The summed E-state index contributed by atoms with van der Waals surface area (Å²) in [7, 11) is 0. The summed E-state index contributed by atoms with van der Waals surface area (Å²) in [6.45, 7) is 12.7. The van der Waals surface area contributed by atoms with Crippen LogP contribution >= 0.6 is 0 Å². The standard InChI is InChI=1S/C27H35N3O4/c1-4-30(5-2)21-8-6-20(7-9-21)17-24-26(33)25-19(3)16-23(32)22(27(25)34-24)18-29-12-10-28(11-13-29)14-15-31/h6-9,16-17,31-32H,4-5,10-15,18H2,1-3H3/b24-17-. The van der Waals surface area contributed by atoms with E-state index in [1.54, 1.807) is 12.1 Å². The number of phenolic OH excluding ortho intramolecular Hbond substituents is 1. The number of phenols is 1. The highest BCUT2D eigenvalue weighted by atomic mass is 16.5. The van der Waals surface area contributed by atoms with Crippen molar-refractivity contribution in [2.24, 2.45) is 0 Å². The summed E-state index contributed by atoms with van der Waals surface area (Å²) in [6, 6.07) is 9.78. The number of Topliss-reactive ketones (excluding diaryl/α,β-unsaturated/α-hetero) is 1. The van der Waals surface area contributed by atoms with Crippen LogP contribution < -0.4 is 9.64 Å². The molecule has 0 amide bonds. The first-order chi connectivity index (χ1) is 16.4. The number of hydrogen-bond donors (Lipinski definition) is 2. The van der Waals surface area contributed by atoms with Crippen molar-refractivity contribution >= 4 is 17.5 Å². The number of nitrogens with zero attached hydrogens (tertiary/aromatic N) is 3. The highest BCUT2D eigenvalue weighted by Crippen LogP contribution is 2.42. The van der Waals surface area contributed by atoms with Crippen LogP contribution in [-0.2, 0) is 6.54 Å². The number of carbonyl (C=O) groups excluding carboxylic acids is 1. The topological polar surface area (TPSA) is 76.5 Å². The molecule has 1 fully saturated rings. The molecule has 0 unspecified atom stereocenters. The van der Waals surface area contributed by atoms with E-state index in [9.17, 15) is 9.90 Å². The third kappa shape index (κ3) is 4.97. The number of allylic oxidation sites excluding steroid dienone is 1. The Balaban J connectivity index is 1.55. The van der Waals surface area contributed by atoms with Crippen LogP contribution in [0.4, 0.5) is 5.69 Å². The number of aliphatic hydroxyl groups is 1. The average Bonchev–Trinajstić information content (AvgIpc) is 3.16. The van der Waals surface area contributed by atoms with Crippen LogP contribution in [0.25, 0.3) is 6.08 Å². The van der Waals surface area contributed by atoms with Gasteiger partial charge in [0.15, 0.2) is 5.76 Å². The van der Waals surface area contributed by atoms with E-state index in [1.165, 1.54) is 0 Å². The second-order valence-corrected chi connectivity index (χ2v) is 8.94. The Kier molecular flexibility index (Phi) is 7.56. The minimum Gasteiger partial charge on any atom is -0.507 e. The van der Waals surface area contributed by atoms with Gasteiger partial charge in [-0.2, -0.15) is 0 Å². The number of β-amino-alcohol motifs (C(OH)–C–C–N with tert-alkyl or cyclic N) is 1. The molecule has 2 aliphatic heterocycles. The van der Waals surface area contributed by atoms with Gasteiger partial charge in [0, 0.05) is 58.0 Å². The summed E-state index contributed by atoms with van der Waals surface area (Å²) >= 11 is 0. The lowest BCUT2D eigenvalue weighted by Crippen LogP contribution is -2.46. The molecule has 4 rings (SSSR count). The van der Waals surface area contributed by atoms with Crippen molar-refractivity contribution in [1.82, 2.24) is 9.80 Å². The number of carbonyl (C=O) groups is 1. The van der Waals surface area contributed by atoms with Gasteiger partial charge in [-0.25, -0.2) is 0 Å². The Hall–Kier alpha value is -2.87. The number of hydrogen-bond acceptors (Lipinski definition) is 7. The number of aryl methyl sites for hydroxylation is 1. The maximum Gasteiger partial charge on any atom is 0.232 e. The second-order valence-electron chi connectivity index (χ2n) is 8.94. The SMILES string of the molecule is CCN(CC)c1ccc(/C=C2\Oc3c(CN4CCN(CCO)CC4)c(O)cc(C)c3C2=O)cc1. The van der Waals surface area contributed by atoms with Gasteiger partial charge in [-0.1, -0.05) is 12.1 Å². The number of ketones is 1. The van der Waals surface area contributed by atoms with Crippen molar-refractivity contribution in [3.8, 4) is 11.5 Å². The first-order valence-electron chi connectivity index (χ1n) is 12.1. The summed E-state index contributed by atoms with van der Waals surface area (Å²) in [5.74, 6) is 0.778. The molecule has 2 aromatic carbocycles. The number of ether oxygens (including phenoxy) is 1. The Labute approximate surface area is 201 Å². The van der Waals surface area contributed by atoms with Crippen LogP contribution in [0, 0.1) is 6.92 Å². The minimum atomic E-state index is -0.144. The van der Waals surface area contributed by atoms with Gasteiger partial charge < -0.3 is 19.8 Å². The predicted molar refractivity (Wildman–Crippen MR) is 135 cm³/mol. The predicted octanol–water partition coefficient (Wildman–Crippen LogP) is 3.27. The van der Waals surface area contributed by atoms with Crippen molar-refractivity contribution in [1.29, 1.82) is 0 Å². The summed E-state index contributed by atoms with van der Waals surface area (Å²) < 4.78 is 6.11. The molecule has 0 atom stereocenters. The molecular formula is C27H35N3O4. The van der Waals surface area contributed by atoms with E-state index in [4.69, 9.17) is 9.84 Å². The second kappa shape index (κ2) is 10.6. The third-order valence-electron chi connectivity index (χ3n) is 6.80. The Morgan fingerprint density at radius 2 is 1.71 bits per heavy atom. The van der Waals surface area contributed by atoms with E-state index in [-0.39, 0.29) is 23.9 Å². The number of aliphatic hydroxyl groups excluding tert-OH is 1. The highest BCUT2D eigenvalue weighted by Gasteiger charge is 2.34.